The second-order valence-corrected chi connectivity index (χ2v) is 5.98. The van der Waals surface area contributed by atoms with Gasteiger partial charge >= 0.3 is 0 Å². The lowest BCUT2D eigenvalue weighted by Gasteiger charge is -2.09. The van der Waals surface area contributed by atoms with Crippen LogP contribution in [0.2, 0.25) is 0 Å². The van der Waals surface area contributed by atoms with E-state index in [-0.39, 0.29) is 5.91 Å². The first kappa shape index (κ1) is 17.7. The van der Waals surface area contributed by atoms with Gasteiger partial charge in [-0.15, -0.1) is 0 Å². The molecule has 0 aromatic heterocycles. The molecule has 2 rings (SSSR count). The van der Waals surface area contributed by atoms with Gasteiger partial charge in [0, 0.05) is 23.4 Å². The van der Waals surface area contributed by atoms with Crippen LogP contribution in [0, 0.1) is 11.7 Å². The van der Waals surface area contributed by atoms with Crippen molar-refractivity contribution in [2.24, 2.45) is 5.92 Å². The highest BCUT2D eigenvalue weighted by Gasteiger charge is 2.11. The Hall–Kier alpha value is -2.69. The summed E-state index contributed by atoms with van der Waals surface area (Å²) in [5.41, 5.74) is 1.13. The monoisotopic (exact) mass is 328 g/mol. The molecule has 5 heteroatoms. The summed E-state index contributed by atoms with van der Waals surface area (Å²) in [4.78, 5) is 24.3. The maximum atomic E-state index is 13.2. The van der Waals surface area contributed by atoms with Gasteiger partial charge in [0.25, 0.3) is 11.8 Å². The van der Waals surface area contributed by atoms with Gasteiger partial charge in [-0.2, -0.15) is 0 Å². The van der Waals surface area contributed by atoms with E-state index in [0.29, 0.717) is 29.3 Å². The molecule has 0 unspecified atom stereocenters. The number of amides is 2. The van der Waals surface area contributed by atoms with Crippen LogP contribution in [0.4, 0.5) is 10.1 Å². The predicted octanol–water partition coefficient (Wildman–Crippen LogP) is 3.85. The van der Waals surface area contributed by atoms with Crippen molar-refractivity contribution < 1.29 is 14.0 Å². The van der Waals surface area contributed by atoms with Crippen LogP contribution in [0.25, 0.3) is 0 Å². The summed E-state index contributed by atoms with van der Waals surface area (Å²) < 4.78 is 13.2. The average Bonchev–Trinajstić information content (AvgIpc) is 2.54. The minimum absolute atomic E-state index is 0.212. The maximum absolute atomic E-state index is 13.2. The Kier molecular flexibility index (Phi) is 6.07. The number of halogens is 1. The predicted molar refractivity (Wildman–Crippen MR) is 92.6 cm³/mol. The Morgan fingerprint density at radius 3 is 2.33 bits per heavy atom. The highest BCUT2D eigenvalue weighted by atomic mass is 19.1. The third-order valence-corrected chi connectivity index (χ3v) is 3.48. The van der Waals surface area contributed by atoms with Gasteiger partial charge in [-0.3, -0.25) is 9.59 Å². The summed E-state index contributed by atoms with van der Waals surface area (Å²) in [6, 6.07) is 12.1. The van der Waals surface area contributed by atoms with Crippen LogP contribution >= 0.6 is 0 Å². The van der Waals surface area contributed by atoms with Gasteiger partial charge in [0.05, 0.1) is 0 Å². The Morgan fingerprint density at radius 2 is 1.67 bits per heavy atom. The second kappa shape index (κ2) is 8.24. The number of anilines is 1. The minimum Gasteiger partial charge on any atom is -0.352 e. The molecule has 2 N–H and O–H groups in total. The molecule has 0 spiro atoms. The zero-order valence-corrected chi connectivity index (χ0v) is 13.8. The van der Waals surface area contributed by atoms with Crippen LogP contribution in [-0.4, -0.2) is 18.4 Å². The zero-order valence-electron chi connectivity index (χ0n) is 13.8. The van der Waals surface area contributed by atoms with E-state index in [2.05, 4.69) is 24.5 Å². The van der Waals surface area contributed by atoms with Gasteiger partial charge in [0.15, 0.2) is 0 Å². The largest absolute Gasteiger partial charge is 0.352 e. The Balaban J connectivity index is 2.03. The van der Waals surface area contributed by atoms with E-state index in [0.717, 1.165) is 6.42 Å². The van der Waals surface area contributed by atoms with Crippen molar-refractivity contribution in [3.63, 3.8) is 0 Å². The van der Waals surface area contributed by atoms with E-state index < -0.39 is 11.7 Å². The van der Waals surface area contributed by atoms with Crippen LogP contribution in [-0.2, 0) is 0 Å². The first-order chi connectivity index (χ1) is 11.5. The molecule has 2 aromatic rings. The first-order valence-corrected chi connectivity index (χ1v) is 7.91. The lowest BCUT2D eigenvalue weighted by atomic mass is 10.1. The van der Waals surface area contributed by atoms with Gasteiger partial charge in [0.1, 0.15) is 5.82 Å². The molecule has 0 saturated carbocycles. The molecule has 2 amide bonds. The molecule has 0 saturated heterocycles. The Bertz CT molecular complexity index is 729. The topological polar surface area (TPSA) is 58.2 Å². The maximum Gasteiger partial charge on any atom is 0.255 e. The van der Waals surface area contributed by atoms with Gasteiger partial charge in [0.2, 0.25) is 0 Å². The van der Waals surface area contributed by atoms with Crippen molar-refractivity contribution >= 4 is 17.5 Å². The first-order valence-electron chi connectivity index (χ1n) is 7.91. The number of hydrogen-bond acceptors (Lipinski definition) is 2. The second-order valence-electron chi connectivity index (χ2n) is 5.98. The van der Waals surface area contributed by atoms with Crippen molar-refractivity contribution in [1.82, 2.24) is 5.32 Å². The van der Waals surface area contributed by atoms with Gasteiger partial charge in [-0.05, 0) is 48.7 Å². The third-order valence-electron chi connectivity index (χ3n) is 3.48. The number of nitrogens with one attached hydrogen (secondary N) is 2. The number of carbonyl (C=O) groups excluding carboxylic acids is 2. The number of rotatable bonds is 6. The van der Waals surface area contributed by atoms with Crippen molar-refractivity contribution in [3.8, 4) is 0 Å². The van der Waals surface area contributed by atoms with E-state index in [9.17, 15) is 14.0 Å². The molecule has 0 heterocycles. The molecule has 24 heavy (non-hydrogen) atoms. The molecular weight excluding hydrogens is 307 g/mol. The van der Waals surface area contributed by atoms with Crippen molar-refractivity contribution in [3.05, 3.63) is 65.5 Å². The van der Waals surface area contributed by atoms with Crippen molar-refractivity contribution in [1.29, 1.82) is 0 Å². The quantitative estimate of drug-likeness (QED) is 0.846. The Morgan fingerprint density at radius 1 is 1.00 bits per heavy atom. The van der Waals surface area contributed by atoms with E-state index in [1.807, 2.05) is 0 Å². The molecule has 0 fully saturated rings. The summed E-state index contributed by atoms with van der Waals surface area (Å²) in [5.74, 6) is -0.520. The van der Waals surface area contributed by atoms with Crippen LogP contribution in [0.5, 0.6) is 0 Å². The van der Waals surface area contributed by atoms with E-state index >= 15 is 0 Å². The number of benzene rings is 2. The normalized spacial score (nSPS) is 10.5. The van der Waals surface area contributed by atoms with Crippen molar-refractivity contribution in [2.45, 2.75) is 20.3 Å². The molecule has 126 valence electrons. The van der Waals surface area contributed by atoms with Crippen LogP contribution < -0.4 is 10.6 Å². The fourth-order valence-corrected chi connectivity index (χ4v) is 2.15. The molecule has 0 atom stereocenters. The van der Waals surface area contributed by atoms with Gasteiger partial charge in [-0.1, -0.05) is 26.0 Å². The molecule has 0 aliphatic carbocycles. The summed E-state index contributed by atoms with van der Waals surface area (Å²) in [5, 5.41) is 5.45. The van der Waals surface area contributed by atoms with Gasteiger partial charge < -0.3 is 10.6 Å². The fraction of sp³-hybridized carbons (Fsp3) is 0.263. The summed E-state index contributed by atoms with van der Waals surface area (Å²) in [6.45, 7) is 4.77. The molecule has 0 radical (unpaired) electrons. The SMILES string of the molecule is CC(C)CCNC(=O)c1cccc(C(=O)Nc2cccc(F)c2)c1. The van der Waals surface area contributed by atoms with E-state index in [1.54, 1.807) is 24.3 Å². The van der Waals surface area contributed by atoms with E-state index in [4.69, 9.17) is 0 Å². The van der Waals surface area contributed by atoms with Gasteiger partial charge in [-0.25, -0.2) is 4.39 Å². The highest BCUT2D eigenvalue weighted by Crippen LogP contribution is 2.12. The average molecular weight is 328 g/mol. The summed E-state index contributed by atoms with van der Waals surface area (Å²) in [6.07, 6.45) is 0.894. The van der Waals surface area contributed by atoms with Crippen molar-refractivity contribution in [2.75, 3.05) is 11.9 Å². The van der Waals surface area contributed by atoms with Crippen LogP contribution in [0.15, 0.2) is 48.5 Å². The molecular formula is C19H21FN2O2. The lowest BCUT2D eigenvalue weighted by Crippen LogP contribution is -2.25. The molecule has 2 aromatic carbocycles. The smallest absolute Gasteiger partial charge is 0.255 e. The van der Waals surface area contributed by atoms with E-state index in [1.165, 1.54) is 24.3 Å². The third kappa shape index (κ3) is 5.19. The molecule has 0 aliphatic heterocycles. The number of carbonyl (C=O) groups is 2. The molecule has 4 nitrogen and oxygen atoms in total. The standard InChI is InChI=1S/C19H21FN2O2/c1-13(2)9-10-21-18(23)14-5-3-6-15(11-14)19(24)22-17-8-4-7-16(20)12-17/h3-8,11-13H,9-10H2,1-2H3,(H,21,23)(H,22,24). The lowest BCUT2D eigenvalue weighted by molar-refractivity contribution is 0.0952. The molecule has 0 bridgehead atoms. The summed E-state index contributed by atoms with van der Waals surface area (Å²) in [7, 11) is 0. The molecule has 0 aliphatic rings. The number of hydrogen-bond donors (Lipinski definition) is 2. The zero-order chi connectivity index (χ0) is 17.5. The fourth-order valence-electron chi connectivity index (χ4n) is 2.15. The Labute approximate surface area is 141 Å². The van der Waals surface area contributed by atoms with Crippen LogP contribution in [0.3, 0.4) is 0 Å². The minimum atomic E-state index is -0.425. The summed E-state index contributed by atoms with van der Waals surface area (Å²) >= 11 is 0. The highest BCUT2D eigenvalue weighted by molar-refractivity contribution is 6.06. The van der Waals surface area contributed by atoms with Crippen LogP contribution in [0.1, 0.15) is 41.0 Å².